The van der Waals surface area contributed by atoms with E-state index < -0.39 is 0 Å². The number of thiazole rings is 1. The fourth-order valence-electron chi connectivity index (χ4n) is 2.74. The van der Waals surface area contributed by atoms with Gasteiger partial charge in [-0.3, -0.25) is 4.99 Å². The largest absolute Gasteiger partial charge is 0.353 e. The molecule has 1 heterocycles. The molecule has 2 unspecified atom stereocenters. The Labute approximate surface area is 172 Å². The molecule has 1 aromatic heterocycles. The van der Waals surface area contributed by atoms with Gasteiger partial charge in [0.25, 0.3) is 0 Å². The summed E-state index contributed by atoms with van der Waals surface area (Å²) in [6, 6.07) is 9.07. The number of aromatic nitrogens is 1. The van der Waals surface area contributed by atoms with E-state index in [2.05, 4.69) is 72.8 Å². The van der Waals surface area contributed by atoms with Gasteiger partial charge >= 0.3 is 0 Å². The minimum absolute atomic E-state index is 0. The average molecular weight is 521 g/mol. The van der Waals surface area contributed by atoms with Crippen LogP contribution in [0.4, 0.5) is 0 Å². The van der Waals surface area contributed by atoms with Crippen LogP contribution in [0.2, 0.25) is 0 Å². The second-order valence-electron chi connectivity index (χ2n) is 5.91. The lowest BCUT2D eigenvalue weighted by Crippen LogP contribution is -2.40. The summed E-state index contributed by atoms with van der Waals surface area (Å²) in [5.74, 6) is 1.51. The van der Waals surface area contributed by atoms with Gasteiger partial charge in [0.1, 0.15) is 0 Å². The van der Waals surface area contributed by atoms with Crippen molar-refractivity contribution in [3.63, 3.8) is 0 Å². The highest BCUT2D eigenvalue weighted by Crippen LogP contribution is 2.41. The summed E-state index contributed by atoms with van der Waals surface area (Å²) in [5, 5.41) is 6.79. The highest BCUT2D eigenvalue weighted by Gasteiger charge is 2.39. The van der Waals surface area contributed by atoms with Crippen molar-refractivity contribution in [3.05, 3.63) is 50.4 Å². The third kappa shape index (κ3) is 4.92. The fourth-order valence-corrected chi connectivity index (χ4v) is 3.61. The Morgan fingerprint density at radius 1 is 1.42 bits per heavy atom. The van der Waals surface area contributed by atoms with Crippen molar-refractivity contribution in [1.82, 2.24) is 15.2 Å². The van der Waals surface area contributed by atoms with E-state index in [-0.39, 0.29) is 24.0 Å². The van der Waals surface area contributed by atoms with Gasteiger partial charge in [-0.05, 0) is 31.0 Å². The summed E-state index contributed by atoms with van der Waals surface area (Å²) < 4.78 is 1.13. The molecule has 1 fully saturated rings. The van der Waals surface area contributed by atoms with E-state index in [1.165, 1.54) is 5.56 Å². The van der Waals surface area contributed by atoms with Crippen molar-refractivity contribution < 1.29 is 0 Å². The van der Waals surface area contributed by atoms with E-state index in [0.717, 1.165) is 34.1 Å². The van der Waals surface area contributed by atoms with Crippen molar-refractivity contribution in [3.8, 4) is 0 Å². The number of rotatable bonds is 4. The quantitative estimate of drug-likeness (QED) is 0.369. The molecule has 2 atom stereocenters. The summed E-state index contributed by atoms with van der Waals surface area (Å²) in [7, 11) is 3.89. The Hall–Kier alpha value is -0.670. The molecule has 0 aliphatic heterocycles. The molecule has 0 radical (unpaired) electrons. The molecule has 24 heavy (non-hydrogen) atoms. The standard InChI is InChI=1S/C17H21BrN4S.HI/c1-11-20-14(10-23-11)9-22(3)17(19-2)21-16-8-15(16)12-4-6-13(18)7-5-12;/h4-7,10,15-16H,8-9H2,1-3H3,(H,19,21);1H. The first-order valence-corrected chi connectivity index (χ1v) is 9.35. The highest BCUT2D eigenvalue weighted by molar-refractivity contribution is 14.0. The highest BCUT2D eigenvalue weighted by atomic mass is 127. The lowest BCUT2D eigenvalue weighted by atomic mass is 10.1. The SMILES string of the molecule is CN=C(NC1CC1c1ccc(Br)cc1)N(C)Cc1csc(C)n1.I. The van der Waals surface area contributed by atoms with Gasteiger partial charge in [0.15, 0.2) is 5.96 Å². The van der Waals surface area contributed by atoms with Gasteiger partial charge in [-0.2, -0.15) is 0 Å². The van der Waals surface area contributed by atoms with Crippen LogP contribution in [0.25, 0.3) is 0 Å². The number of benzene rings is 1. The summed E-state index contributed by atoms with van der Waals surface area (Å²) >= 11 is 5.18. The maximum absolute atomic E-state index is 4.52. The van der Waals surface area contributed by atoms with Crippen LogP contribution < -0.4 is 5.32 Å². The van der Waals surface area contributed by atoms with Crippen LogP contribution in [0, 0.1) is 6.92 Å². The van der Waals surface area contributed by atoms with E-state index in [9.17, 15) is 0 Å². The lowest BCUT2D eigenvalue weighted by Gasteiger charge is -2.21. The maximum Gasteiger partial charge on any atom is 0.193 e. The number of halogens is 2. The Bertz CT molecular complexity index is 701. The van der Waals surface area contributed by atoms with Gasteiger partial charge in [0, 0.05) is 35.9 Å². The number of hydrogen-bond donors (Lipinski definition) is 1. The van der Waals surface area contributed by atoms with Gasteiger partial charge < -0.3 is 10.2 Å². The number of aliphatic imine (C=N–C) groups is 1. The van der Waals surface area contributed by atoms with E-state index in [0.29, 0.717) is 12.0 Å². The zero-order chi connectivity index (χ0) is 16.4. The van der Waals surface area contributed by atoms with Crippen molar-refractivity contribution in [1.29, 1.82) is 0 Å². The molecule has 0 spiro atoms. The zero-order valence-corrected chi connectivity index (χ0v) is 18.7. The maximum atomic E-state index is 4.52. The summed E-state index contributed by atoms with van der Waals surface area (Å²) in [4.78, 5) is 11.1. The molecule has 7 heteroatoms. The number of hydrogen-bond acceptors (Lipinski definition) is 3. The monoisotopic (exact) mass is 520 g/mol. The van der Waals surface area contributed by atoms with Gasteiger partial charge in [0.2, 0.25) is 0 Å². The van der Waals surface area contributed by atoms with E-state index in [4.69, 9.17) is 0 Å². The minimum atomic E-state index is 0. The lowest BCUT2D eigenvalue weighted by molar-refractivity contribution is 0.469. The van der Waals surface area contributed by atoms with Crippen LogP contribution in [0.1, 0.15) is 28.6 Å². The second-order valence-corrected chi connectivity index (χ2v) is 7.88. The molecular weight excluding hydrogens is 499 g/mol. The molecule has 1 aliphatic carbocycles. The molecule has 0 saturated heterocycles. The van der Waals surface area contributed by atoms with Crippen molar-refractivity contribution in [2.75, 3.05) is 14.1 Å². The molecule has 1 aromatic carbocycles. The molecular formula is C17H22BrIN4S. The van der Waals surface area contributed by atoms with Crippen LogP contribution >= 0.6 is 51.2 Å². The third-order valence-electron chi connectivity index (χ3n) is 4.04. The fraction of sp³-hybridized carbons (Fsp3) is 0.412. The number of nitrogens with zero attached hydrogens (tertiary/aromatic N) is 3. The number of aryl methyl sites for hydroxylation is 1. The topological polar surface area (TPSA) is 40.5 Å². The van der Waals surface area contributed by atoms with Gasteiger partial charge in [-0.25, -0.2) is 4.98 Å². The summed E-state index contributed by atoms with van der Waals surface area (Å²) in [6.45, 7) is 2.81. The van der Waals surface area contributed by atoms with Crippen molar-refractivity contribution in [2.24, 2.45) is 4.99 Å². The van der Waals surface area contributed by atoms with E-state index in [1.54, 1.807) is 11.3 Å². The molecule has 1 N–H and O–H groups in total. The smallest absolute Gasteiger partial charge is 0.193 e. The molecule has 2 aromatic rings. The van der Waals surface area contributed by atoms with Gasteiger partial charge in [-0.15, -0.1) is 35.3 Å². The molecule has 4 nitrogen and oxygen atoms in total. The minimum Gasteiger partial charge on any atom is -0.353 e. The summed E-state index contributed by atoms with van der Waals surface area (Å²) in [5.41, 5.74) is 2.48. The van der Waals surface area contributed by atoms with Gasteiger partial charge in [0.05, 0.1) is 17.2 Å². The zero-order valence-electron chi connectivity index (χ0n) is 14.0. The van der Waals surface area contributed by atoms with Crippen LogP contribution in [0.15, 0.2) is 39.1 Å². The Balaban J connectivity index is 0.00000208. The predicted octanol–water partition coefficient (Wildman–Crippen LogP) is 4.40. The van der Waals surface area contributed by atoms with Crippen LogP contribution in [-0.4, -0.2) is 36.0 Å². The normalized spacial score (nSPS) is 19.6. The molecule has 3 rings (SSSR count). The van der Waals surface area contributed by atoms with Gasteiger partial charge in [-0.1, -0.05) is 28.1 Å². The first kappa shape index (κ1) is 19.7. The molecule has 0 bridgehead atoms. The second kappa shape index (κ2) is 8.62. The molecule has 0 amide bonds. The predicted molar refractivity (Wildman–Crippen MR) is 116 cm³/mol. The molecule has 130 valence electrons. The van der Waals surface area contributed by atoms with Crippen LogP contribution in [-0.2, 0) is 6.54 Å². The van der Waals surface area contributed by atoms with E-state index >= 15 is 0 Å². The molecule has 1 aliphatic rings. The Kier molecular flexibility index (Phi) is 7.06. The Morgan fingerprint density at radius 2 is 2.12 bits per heavy atom. The Morgan fingerprint density at radius 3 is 2.71 bits per heavy atom. The third-order valence-corrected chi connectivity index (χ3v) is 5.39. The number of nitrogens with one attached hydrogen (secondary N) is 1. The first-order chi connectivity index (χ1) is 11.1. The molecule has 1 saturated carbocycles. The number of guanidine groups is 1. The van der Waals surface area contributed by atoms with E-state index in [1.807, 2.05) is 14.0 Å². The average Bonchev–Trinajstić information content (AvgIpc) is 3.19. The van der Waals surface area contributed by atoms with Crippen molar-refractivity contribution >= 4 is 57.2 Å². The summed E-state index contributed by atoms with van der Waals surface area (Å²) in [6.07, 6.45) is 1.16. The van der Waals surface area contributed by atoms with Crippen LogP contribution in [0.3, 0.4) is 0 Å². The van der Waals surface area contributed by atoms with Crippen LogP contribution in [0.5, 0.6) is 0 Å². The first-order valence-electron chi connectivity index (χ1n) is 7.67. The van der Waals surface area contributed by atoms with Crippen molar-refractivity contribution in [2.45, 2.75) is 31.8 Å².